The van der Waals surface area contributed by atoms with Gasteiger partial charge in [-0.25, -0.2) is 0 Å². The summed E-state index contributed by atoms with van der Waals surface area (Å²) in [5.41, 5.74) is 3.40. The molecule has 0 fully saturated rings. The Morgan fingerprint density at radius 1 is 1.19 bits per heavy atom. The molecule has 0 radical (unpaired) electrons. The minimum Gasteiger partial charge on any atom is -0.342 e. The quantitative estimate of drug-likeness (QED) is 0.360. The number of thiophene rings is 1. The van der Waals surface area contributed by atoms with E-state index in [1.165, 1.54) is 28.0 Å². The normalized spacial score (nSPS) is 13.6. The Bertz CT molecular complexity index is 1320. The van der Waals surface area contributed by atoms with Crippen molar-refractivity contribution < 1.29 is 9.59 Å². The molecule has 2 heterocycles. The van der Waals surface area contributed by atoms with E-state index < -0.39 is 0 Å². The zero-order chi connectivity index (χ0) is 26.5. The van der Waals surface area contributed by atoms with Crippen LogP contribution in [0.3, 0.4) is 0 Å². The number of amides is 2. The zero-order valence-corrected chi connectivity index (χ0v) is 23.3. The van der Waals surface area contributed by atoms with Crippen LogP contribution in [0.15, 0.2) is 29.4 Å². The molecule has 10 heteroatoms. The molecule has 2 N–H and O–H groups in total. The Hall–Kier alpha value is -3.16. The van der Waals surface area contributed by atoms with Crippen molar-refractivity contribution in [2.45, 2.75) is 71.1 Å². The van der Waals surface area contributed by atoms with Crippen LogP contribution in [0.1, 0.15) is 77.4 Å². The first-order chi connectivity index (χ1) is 17.8. The highest BCUT2D eigenvalue weighted by atomic mass is 32.2. The van der Waals surface area contributed by atoms with E-state index in [1.807, 2.05) is 56.5 Å². The number of anilines is 1. The minimum absolute atomic E-state index is 0.0827. The predicted octanol–water partition coefficient (Wildman–Crippen LogP) is 5.28. The molecule has 8 nitrogen and oxygen atoms in total. The lowest BCUT2D eigenvalue weighted by atomic mass is 9.96. The Labute approximate surface area is 225 Å². The zero-order valence-electron chi connectivity index (χ0n) is 21.6. The molecule has 1 aromatic carbocycles. The van der Waals surface area contributed by atoms with Crippen molar-refractivity contribution in [3.8, 4) is 6.07 Å². The van der Waals surface area contributed by atoms with Gasteiger partial charge in [0.05, 0.1) is 17.4 Å². The molecule has 194 valence electrons. The minimum atomic E-state index is -0.333. The van der Waals surface area contributed by atoms with Gasteiger partial charge in [-0.05, 0) is 63.1 Å². The van der Waals surface area contributed by atoms with E-state index in [-0.39, 0.29) is 29.5 Å². The molecule has 1 atom stereocenters. The Kier molecular flexibility index (Phi) is 8.67. The molecule has 0 saturated heterocycles. The Morgan fingerprint density at radius 3 is 2.59 bits per heavy atom. The second-order valence-corrected chi connectivity index (χ2v) is 11.6. The average Bonchev–Trinajstić information content (AvgIpc) is 3.46. The van der Waals surface area contributed by atoms with Gasteiger partial charge in [0.1, 0.15) is 11.1 Å². The number of aromatic nitrogens is 3. The number of rotatable bonds is 9. The molecule has 1 aliphatic rings. The number of carbonyl (C=O) groups excluding carboxylic acids is 2. The van der Waals surface area contributed by atoms with Gasteiger partial charge in [0, 0.05) is 17.0 Å². The first-order valence-electron chi connectivity index (χ1n) is 12.6. The number of benzene rings is 1. The average molecular weight is 537 g/mol. The standard InChI is InChI=1S/C27H32N6O2S2/c1-5-33-24(23(16(2)3)30-25(35)18-12-10-17(4)11-13-18)31-32-27(33)36-15-22(34)29-26-20(14-28)19-8-6-7-9-21(19)37-26/h10-13,16,23H,5-9,15H2,1-4H3,(H,29,34)(H,30,35)/t23-/m1/s1. The number of hydrogen-bond acceptors (Lipinski definition) is 7. The summed E-state index contributed by atoms with van der Waals surface area (Å²) in [5, 5.41) is 25.7. The van der Waals surface area contributed by atoms with Crippen molar-refractivity contribution in [2.75, 3.05) is 11.1 Å². The molecular weight excluding hydrogens is 504 g/mol. The molecule has 0 unspecified atom stereocenters. The van der Waals surface area contributed by atoms with Gasteiger partial charge in [-0.3, -0.25) is 9.59 Å². The van der Waals surface area contributed by atoms with Crippen molar-refractivity contribution in [3.05, 3.63) is 57.2 Å². The highest BCUT2D eigenvalue weighted by Crippen LogP contribution is 2.37. The van der Waals surface area contributed by atoms with Gasteiger partial charge in [-0.1, -0.05) is 43.3 Å². The maximum atomic E-state index is 12.9. The van der Waals surface area contributed by atoms with Crippen LogP contribution in [0.5, 0.6) is 0 Å². The molecule has 0 bridgehead atoms. The molecule has 0 aliphatic heterocycles. The fraction of sp³-hybridized carbons (Fsp3) is 0.444. The van der Waals surface area contributed by atoms with Gasteiger partial charge >= 0.3 is 0 Å². The lowest BCUT2D eigenvalue weighted by Gasteiger charge is -2.22. The molecule has 0 spiro atoms. The van der Waals surface area contributed by atoms with E-state index >= 15 is 0 Å². The summed E-state index contributed by atoms with van der Waals surface area (Å²) in [6.07, 6.45) is 4.08. The van der Waals surface area contributed by atoms with Crippen LogP contribution in [0.2, 0.25) is 0 Å². The molecule has 37 heavy (non-hydrogen) atoms. The monoisotopic (exact) mass is 536 g/mol. The molecule has 2 amide bonds. The van der Waals surface area contributed by atoms with Gasteiger partial charge in [0.2, 0.25) is 5.91 Å². The molecular formula is C27H32N6O2S2. The van der Waals surface area contributed by atoms with E-state index in [1.54, 1.807) is 0 Å². The molecule has 0 saturated carbocycles. The molecule has 4 rings (SSSR count). The number of thioether (sulfide) groups is 1. The smallest absolute Gasteiger partial charge is 0.251 e. The molecule has 1 aliphatic carbocycles. The maximum Gasteiger partial charge on any atom is 0.251 e. The summed E-state index contributed by atoms with van der Waals surface area (Å²) in [5.74, 6) is 0.552. The molecule has 2 aromatic heterocycles. The van der Waals surface area contributed by atoms with Gasteiger partial charge in [-0.15, -0.1) is 21.5 Å². The summed E-state index contributed by atoms with van der Waals surface area (Å²) < 4.78 is 1.95. The second kappa shape index (κ2) is 11.9. The van der Waals surface area contributed by atoms with Crippen LogP contribution in [-0.4, -0.2) is 32.3 Å². The van der Waals surface area contributed by atoms with Crippen molar-refractivity contribution in [1.82, 2.24) is 20.1 Å². The summed E-state index contributed by atoms with van der Waals surface area (Å²) in [4.78, 5) is 26.9. The van der Waals surface area contributed by atoms with Crippen LogP contribution < -0.4 is 10.6 Å². The van der Waals surface area contributed by atoms with E-state index in [0.29, 0.717) is 33.7 Å². The number of fused-ring (bicyclic) bond motifs is 1. The van der Waals surface area contributed by atoms with Gasteiger partial charge in [-0.2, -0.15) is 5.26 Å². The van der Waals surface area contributed by atoms with E-state index in [2.05, 4.69) is 26.9 Å². The van der Waals surface area contributed by atoms with Gasteiger partial charge in [0.25, 0.3) is 5.91 Å². The number of carbonyl (C=O) groups is 2. The Balaban J connectivity index is 1.45. The van der Waals surface area contributed by atoms with E-state index in [9.17, 15) is 14.9 Å². The first-order valence-corrected chi connectivity index (χ1v) is 14.4. The summed E-state index contributed by atoms with van der Waals surface area (Å²) >= 11 is 2.82. The summed E-state index contributed by atoms with van der Waals surface area (Å²) in [7, 11) is 0. The lowest BCUT2D eigenvalue weighted by molar-refractivity contribution is -0.113. The lowest BCUT2D eigenvalue weighted by Crippen LogP contribution is -2.33. The van der Waals surface area contributed by atoms with Crippen LogP contribution in [0.4, 0.5) is 5.00 Å². The topological polar surface area (TPSA) is 113 Å². The largest absolute Gasteiger partial charge is 0.342 e. The Morgan fingerprint density at radius 2 is 1.92 bits per heavy atom. The van der Waals surface area contributed by atoms with Crippen LogP contribution in [0.25, 0.3) is 0 Å². The third-order valence-corrected chi connectivity index (χ3v) is 8.65. The number of nitrogens with one attached hydrogen (secondary N) is 2. The van der Waals surface area contributed by atoms with E-state index in [4.69, 9.17) is 0 Å². The number of hydrogen-bond donors (Lipinski definition) is 2. The predicted molar refractivity (Wildman–Crippen MR) is 147 cm³/mol. The summed E-state index contributed by atoms with van der Waals surface area (Å²) in [6.45, 7) is 8.64. The maximum absolute atomic E-state index is 12.9. The fourth-order valence-corrected chi connectivity index (χ4v) is 6.52. The number of aryl methyl sites for hydroxylation is 2. The number of nitrogens with zero attached hydrogens (tertiary/aromatic N) is 4. The highest BCUT2D eigenvalue weighted by molar-refractivity contribution is 7.99. The van der Waals surface area contributed by atoms with Crippen LogP contribution in [0, 0.1) is 24.2 Å². The third-order valence-electron chi connectivity index (χ3n) is 6.48. The van der Waals surface area contributed by atoms with Crippen molar-refractivity contribution >= 4 is 39.9 Å². The SMILES string of the molecule is CCn1c(SCC(=O)Nc2sc3c(c2C#N)CCCC3)nnc1[C@H](NC(=O)c1ccc(C)cc1)C(C)C. The first kappa shape index (κ1) is 26.9. The summed E-state index contributed by atoms with van der Waals surface area (Å²) in [6, 6.07) is 9.41. The van der Waals surface area contributed by atoms with Gasteiger partial charge < -0.3 is 15.2 Å². The van der Waals surface area contributed by atoms with Crippen molar-refractivity contribution in [1.29, 1.82) is 5.26 Å². The highest BCUT2D eigenvalue weighted by Gasteiger charge is 2.27. The fourth-order valence-electron chi connectivity index (χ4n) is 4.46. The second-order valence-electron chi connectivity index (χ2n) is 9.51. The van der Waals surface area contributed by atoms with Crippen LogP contribution in [-0.2, 0) is 24.2 Å². The molecule has 3 aromatic rings. The van der Waals surface area contributed by atoms with E-state index in [0.717, 1.165) is 36.8 Å². The van der Waals surface area contributed by atoms with Crippen LogP contribution >= 0.6 is 23.1 Å². The van der Waals surface area contributed by atoms with Crippen molar-refractivity contribution in [3.63, 3.8) is 0 Å². The van der Waals surface area contributed by atoms with Gasteiger partial charge in [0.15, 0.2) is 11.0 Å². The number of nitriles is 1. The van der Waals surface area contributed by atoms with Crippen molar-refractivity contribution in [2.24, 2.45) is 5.92 Å². The third kappa shape index (κ3) is 6.05.